The minimum absolute atomic E-state index is 0.0281. The molecule has 0 fully saturated rings. The molecule has 0 bridgehead atoms. The van der Waals surface area contributed by atoms with Gasteiger partial charge in [-0.05, 0) is 43.2 Å². The van der Waals surface area contributed by atoms with E-state index in [2.05, 4.69) is 23.3 Å². The Balaban J connectivity index is 1.98. The highest BCUT2D eigenvalue weighted by Gasteiger charge is 2.10. The zero-order valence-corrected chi connectivity index (χ0v) is 12.3. The Morgan fingerprint density at radius 1 is 1.33 bits per heavy atom. The van der Waals surface area contributed by atoms with Crippen molar-refractivity contribution in [2.45, 2.75) is 26.4 Å². The number of rotatable bonds is 6. The Labute approximate surface area is 125 Å². The molecular weight excluding hydrogens is 262 g/mol. The van der Waals surface area contributed by atoms with Crippen molar-refractivity contribution in [1.82, 2.24) is 4.98 Å². The molecule has 1 heterocycles. The van der Waals surface area contributed by atoms with Gasteiger partial charge in [0, 0.05) is 6.20 Å². The van der Waals surface area contributed by atoms with Gasteiger partial charge in [-0.3, -0.25) is 0 Å². The van der Waals surface area contributed by atoms with E-state index in [1.165, 1.54) is 5.56 Å². The van der Waals surface area contributed by atoms with Crippen LogP contribution in [0.5, 0.6) is 5.75 Å². The number of aromatic nitrogens is 1. The van der Waals surface area contributed by atoms with E-state index in [1.54, 1.807) is 18.3 Å². The molecule has 0 spiro atoms. The van der Waals surface area contributed by atoms with Crippen LogP contribution >= 0.6 is 0 Å². The molecule has 0 amide bonds. The lowest BCUT2D eigenvalue weighted by molar-refractivity contribution is 0.210. The van der Waals surface area contributed by atoms with Crippen LogP contribution in [0.2, 0.25) is 0 Å². The largest absolute Gasteiger partial charge is 0.489 e. The Kier molecular flexibility index (Phi) is 5.16. The molecule has 4 nitrogen and oxygen atoms in total. The van der Waals surface area contributed by atoms with E-state index in [4.69, 9.17) is 10.00 Å². The molecule has 0 aliphatic carbocycles. The van der Waals surface area contributed by atoms with Gasteiger partial charge in [-0.15, -0.1) is 0 Å². The van der Waals surface area contributed by atoms with Crippen molar-refractivity contribution in [3.05, 3.63) is 53.7 Å². The summed E-state index contributed by atoms with van der Waals surface area (Å²) in [5.74, 6) is 1.47. The summed E-state index contributed by atoms with van der Waals surface area (Å²) in [6.45, 7) is 4.72. The Morgan fingerprint density at radius 2 is 2.19 bits per heavy atom. The van der Waals surface area contributed by atoms with Crippen LogP contribution in [-0.4, -0.2) is 17.6 Å². The third kappa shape index (κ3) is 4.22. The first-order valence-corrected chi connectivity index (χ1v) is 7.05. The number of pyridine rings is 1. The molecule has 4 heteroatoms. The average molecular weight is 281 g/mol. The van der Waals surface area contributed by atoms with Gasteiger partial charge in [-0.1, -0.05) is 19.1 Å². The fraction of sp³-hybridized carbons (Fsp3) is 0.294. The molecule has 2 aromatic rings. The number of anilines is 1. The highest BCUT2D eigenvalue weighted by atomic mass is 16.5. The second-order valence-electron chi connectivity index (χ2n) is 4.86. The number of benzene rings is 1. The summed E-state index contributed by atoms with van der Waals surface area (Å²) in [6.07, 6.45) is 2.57. The zero-order valence-electron chi connectivity index (χ0n) is 12.3. The molecule has 1 atom stereocenters. The van der Waals surface area contributed by atoms with Gasteiger partial charge in [0.15, 0.2) is 0 Å². The lowest BCUT2D eigenvalue weighted by atomic mass is 10.2. The third-order valence-corrected chi connectivity index (χ3v) is 3.17. The van der Waals surface area contributed by atoms with E-state index in [0.717, 1.165) is 12.2 Å². The van der Waals surface area contributed by atoms with Crippen molar-refractivity contribution in [3.8, 4) is 11.8 Å². The fourth-order valence-electron chi connectivity index (χ4n) is 2.00. The molecule has 1 N–H and O–H groups in total. The summed E-state index contributed by atoms with van der Waals surface area (Å²) in [5.41, 5.74) is 1.72. The van der Waals surface area contributed by atoms with Crippen LogP contribution in [-0.2, 0) is 0 Å². The molecule has 0 aliphatic rings. The van der Waals surface area contributed by atoms with Crippen molar-refractivity contribution in [3.63, 3.8) is 0 Å². The van der Waals surface area contributed by atoms with Crippen molar-refractivity contribution in [1.29, 1.82) is 5.26 Å². The van der Waals surface area contributed by atoms with Crippen molar-refractivity contribution in [2.24, 2.45) is 0 Å². The highest BCUT2D eigenvalue weighted by Crippen LogP contribution is 2.16. The Morgan fingerprint density at radius 3 is 2.90 bits per heavy atom. The maximum Gasteiger partial charge on any atom is 0.144 e. The monoisotopic (exact) mass is 281 g/mol. The first-order valence-electron chi connectivity index (χ1n) is 7.05. The van der Waals surface area contributed by atoms with Gasteiger partial charge in [-0.25, -0.2) is 4.98 Å². The Hall–Kier alpha value is -2.54. The fourth-order valence-corrected chi connectivity index (χ4v) is 2.00. The van der Waals surface area contributed by atoms with Crippen LogP contribution in [0.1, 0.15) is 24.5 Å². The van der Waals surface area contributed by atoms with Crippen molar-refractivity contribution >= 4 is 5.82 Å². The van der Waals surface area contributed by atoms with Gasteiger partial charge in [0.25, 0.3) is 0 Å². The van der Waals surface area contributed by atoms with Crippen LogP contribution in [0.25, 0.3) is 0 Å². The summed E-state index contributed by atoms with van der Waals surface area (Å²) in [5, 5.41) is 12.2. The van der Waals surface area contributed by atoms with E-state index in [1.807, 2.05) is 31.2 Å². The lowest BCUT2D eigenvalue weighted by Crippen LogP contribution is -2.26. The molecule has 1 unspecified atom stereocenters. The highest BCUT2D eigenvalue weighted by molar-refractivity contribution is 5.51. The number of nitrogens with zero attached hydrogens (tertiary/aromatic N) is 2. The Bertz CT molecular complexity index is 634. The number of hydrogen-bond acceptors (Lipinski definition) is 4. The van der Waals surface area contributed by atoms with Crippen LogP contribution < -0.4 is 10.1 Å². The first-order chi connectivity index (χ1) is 10.2. The quantitative estimate of drug-likeness (QED) is 0.880. The van der Waals surface area contributed by atoms with Crippen LogP contribution in [0, 0.1) is 18.3 Å². The molecule has 0 saturated carbocycles. The third-order valence-electron chi connectivity index (χ3n) is 3.17. The van der Waals surface area contributed by atoms with E-state index < -0.39 is 0 Å². The zero-order chi connectivity index (χ0) is 15.1. The molecule has 108 valence electrons. The van der Waals surface area contributed by atoms with Gasteiger partial charge in [0.2, 0.25) is 0 Å². The lowest BCUT2D eigenvalue weighted by Gasteiger charge is -2.19. The molecule has 0 aliphatic heterocycles. The van der Waals surface area contributed by atoms with Crippen molar-refractivity contribution in [2.75, 3.05) is 11.9 Å². The topological polar surface area (TPSA) is 57.9 Å². The smallest absolute Gasteiger partial charge is 0.144 e. The van der Waals surface area contributed by atoms with Crippen LogP contribution in [0.3, 0.4) is 0 Å². The second kappa shape index (κ2) is 7.30. The van der Waals surface area contributed by atoms with Gasteiger partial charge >= 0.3 is 0 Å². The standard InChI is InChI=1S/C17H19N3O/c1-3-15(21-16-8-4-6-13(2)10-16)12-20-17-14(11-18)7-5-9-19-17/h4-10,15H,3,12H2,1-2H3,(H,19,20). The molecule has 1 aromatic heterocycles. The molecular formula is C17H19N3O. The van der Waals surface area contributed by atoms with E-state index >= 15 is 0 Å². The predicted octanol–water partition coefficient (Wildman–Crippen LogP) is 3.53. The second-order valence-corrected chi connectivity index (χ2v) is 4.86. The maximum atomic E-state index is 9.05. The number of aryl methyl sites for hydroxylation is 1. The van der Waals surface area contributed by atoms with Gasteiger partial charge in [0.1, 0.15) is 23.7 Å². The average Bonchev–Trinajstić information content (AvgIpc) is 2.51. The molecule has 2 rings (SSSR count). The van der Waals surface area contributed by atoms with Crippen molar-refractivity contribution < 1.29 is 4.74 Å². The number of nitrogens with one attached hydrogen (secondary N) is 1. The summed E-state index contributed by atoms with van der Waals surface area (Å²) in [6, 6.07) is 13.6. The van der Waals surface area contributed by atoms with Gasteiger partial charge < -0.3 is 10.1 Å². The summed E-state index contributed by atoms with van der Waals surface area (Å²) >= 11 is 0. The molecule has 0 radical (unpaired) electrons. The van der Waals surface area contributed by atoms with E-state index in [-0.39, 0.29) is 6.10 Å². The van der Waals surface area contributed by atoms with Gasteiger partial charge in [0.05, 0.1) is 12.1 Å². The van der Waals surface area contributed by atoms with Gasteiger partial charge in [-0.2, -0.15) is 5.26 Å². The number of nitriles is 1. The normalized spacial score (nSPS) is 11.5. The summed E-state index contributed by atoms with van der Waals surface area (Å²) in [7, 11) is 0. The summed E-state index contributed by atoms with van der Waals surface area (Å²) < 4.78 is 5.97. The molecule has 21 heavy (non-hydrogen) atoms. The maximum absolute atomic E-state index is 9.05. The number of hydrogen-bond donors (Lipinski definition) is 1. The first kappa shape index (κ1) is 14.9. The molecule has 1 aromatic carbocycles. The minimum atomic E-state index is 0.0281. The molecule has 0 saturated heterocycles. The summed E-state index contributed by atoms with van der Waals surface area (Å²) in [4.78, 5) is 4.19. The predicted molar refractivity (Wildman–Crippen MR) is 83.3 cm³/mol. The van der Waals surface area contributed by atoms with Crippen LogP contribution in [0.15, 0.2) is 42.6 Å². The van der Waals surface area contributed by atoms with E-state index in [9.17, 15) is 0 Å². The SMILES string of the molecule is CCC(CNc1ncccc1C#N)Oc1cccc(C)c1. The number of ether oxygens (including phenoxy) is 1. The van der Waals surface area contributed by atoms with E-state index in [0.29, 0.717) is 17.9 Å². The van der Waals surface area contributed by atoms with Crippen LogP contribution in [0.4, 0.5) is 5.82 Å². The minimum Gasteiger partial charge on any atom is -0.489 e.